The molecular weight excluding hydrogens is 144 g/mol. The van der Waals surface area contributed by atoms with Gasteiger partial charge in [0.25, 0.3) is 0 Å². The quantitative estimate of drug-likeness (QED) is 0.606. The van der Waals surface area contributed by atoms with Crippen molar-refractivity contribution in [2.75, 3.05) is 0 Å². The summed E-state index contributed by atoms with van der Waals surface area (Å²) in [6, 6.07) is 7.58. The standard InChI is InChI=1S/C7H8O2Si/c8-7-4-2-1-3-6(7)5-10-9/h1-4,8-9H,5H2. The van der Waals surface area contributed by atoms with E-state index in [2.05, 4.69) is 0 Å². The lowest BCUT2D eigenvalue weighted by atomic mass is 10.2. The topological polar surface area (TPSA) is 40.5 Å². The number of aromatic hydroxyl groups is 1. The van der Waals surface area contributed by atoms with Crippen LogP contribution in [0.15, 0.2) is 24.3 Å². The molecule has 0 bridgehead atoms. The van der Waals surface area contributed by atoms with Gasteiger partial charge in [0.15, 0.2) is 0 Å². The summed E-state index contributed by atoms with van der Waals surface area (Å²) in [6.45, 7) is 0. The van der Waals surface area contributed by atoms with Crippen molar-refractivity contribution in [1.29, 1.82) is 0 Å². The summed E-state index contributed by atoms with van der Waals surface area (Å²) < 4.78 is 0. The van der Waals surface area contributed by atoms with Gasteiger partial charge in [0.05, 0.1) is 0 Å². The molecule has 0 amide bonds. The average molecular weight is 152 g/mol. The van der Waals surface area contributed by atoms with Crippen molar-refractivity contribution in [3.63, 3.8) is 0 Å². The van der Waals surface area contributed by atoms with Gasteiger partial charge in [0, 0.05) is 0 Å². The smallest absolute Gasteiger partial charge is 0.229 e. The van der Waals surface area contributed by atoms with E-state index >= 15 is 0 Å². The van der Waals surface area contributed by atoms with Gasteiger partial charge in [0.1, 0.15) is 5.75 Å². The van der Waals surface area contributed by atoms with Crippen LogP contribution in [0.25, 0.3) is 0 Å². The van der Waals surface area contributed by atoms with Crippen LogP contribution in [0.1, 0.15) is 5.56 Å². The van der Waals surface area contributed by atoms with E-state index in [0.717, 1.165) is 5.56 Å². The second-order valence-electron chi connectivity index (χ2n) is 1.96. The number of phenolic OH excluding ortho intramolecular Hbond substituents is 1. The Morgan fingerprint density at radius 3 is 2.60 bits per heavy atom. The van der Waals surface area contributed by atoms with Gasteiger partial charge >= 0.3 is 0 Å². The highest BCUT2D eigenvalue weighted by atomic mass is 28.2. The molecule has 3 heteroatoms. The zero-order chi connectivity index (χ0) is 7.40. The Bertz CT molecular complexity index is 213. The van der Waals surface area contributed by atoms with Gasteiger partial charge in [-0.3, -0.25) is 0 Å². The molecule has 0 saturated heterocycles. The maximum atomic E-state index is 9.13. The Kier molecular flexibility index (Phi) is 2.47. The van der Waals surface area contributed by atoms with Gasteiger partial charge in [-0.05, 0) is 17.7 Å². The lowest BCUT2D eigenvalue weighted by Gasteiger charge is -1.98. The van der Waals surface area contributed by atoms with Crippen molar-refractivity contribution in [2.45, 2.75) is 6.04 Å². The van der Waals surface area contributed by atoms with Crippen LogP contribution < -0.4 is 0 Å². The van der Waals surface area contributed by atoms with Gasteiger partial charge in [-0.1, -0.05) is 18.2 Å². The van der Waals surface area contributed by atoms with E-state index in [1.165, 1.54) is 0 Å². The molecular formula is C7H8O2Si. The monoisotopic (exact) mass is 152 g/mol. The molecule has 2 nitrogen and oxygen atoms in total. The lowest BCUT2D eigenvalue weighted by molar-refractivity contribution is 0.469. The Labute approximate surface area is 62.1 Å². The van der Waals surface area contributed by atoms with E-state index in [9.17, 15) is 0 Å². The molecule has 0 spiro atoms. The molecule has 0 aromatic heterocycles. The molecule has 1 aromatic rings. The predicted octanol–water partition coefficient (Wildman–Crippen LogP) is 0.504. The summed E-state index contributed by atoms with van der Waals surface area (Å²) in [4.78, 5) is 8.56. The zero-order valence-corrected chi connectivity index (χ0v) is 6.41. The van der Waals surface area contributed by atoms with E-state index < -0.39 is 0 Å². The number of phenols is 1. The summed E-state index contributed by atoms with van der Waals surface area (Å²) in [5.74, 6) is 0.268. The maximum Gasteiger partial charge on any atom is 0.229 e. The average Bonchev–Trinajstić information content (AvgIpc) is 1.94. The summed E-state index contributed by atoms with van der Waals surface area (Å²) in [7, 11) is -0.128. The Morgan fingerprint density at radius 1 is 1.30 bits per heavy atom. The third kappa shape index (κ3) is 1.59. The fourth-order valence-corrected chi connectivity index (χ4v) is 1.21. The van der Waals surface area contributed by atoms with Gasteiger partial charge in [-0.2, -0.15) is 0 Å². The highest BCUT2D eigenvalue weighted by molar-refractivity contribution is 6.24. The van der Waals surface area contributed by atoms with Crippen LogP contribution in [0.3, 0.4) is 0 Å². The minimum absolute atomic E-state index is 0.128. The van der Waals surface area contributed by atoms with Crippen molar-refractivity contribution in [1.82, 2.24) is 0 Å². The third-order valence-corrected chi connectivity index (χ3v) is 1.80. The summed E-state index contributed by atoms with van der Waals surface area (Å²) in [5.41, 5.74) is 0.809. The first-order valence-electron chi connectivity index (χ1n) is 2.98. The summed E-state index contributed by atoms with van der Waals surface area (Å²) >= 11 is 0. The highest BCUT2D eigenvalue weighted by Crippen LogP contribution is 2.14. The van der Waals surface area contributed by atoms with Crippen LogP contribution in [-0.4, -0.2) is 19.7 Å². The number of hydrogen-bond acceptors (Lipinski definition) is 2. The predicted molar refractivity (Wildman–Crippen MR) is 39.8 cm³/mol. The van der Waals surface area contributed by atoms with E-state index in [4.69, 9.17) is 9.90 Å². The van der Waals surface area contributed by atoms with E-state index in [0.29, 0.717) is 6.04 Å². The van der Waals surface area contributed by atoms with Gasteiger partial charge in [-0.25, -0.2) is 0 Å². The number of hydrogen-bond donors (Lipinski definition) is 2. The Morgan fingerprint density at radius 2 is 2.00 bits per heavy atom. The van der Waals surface area contributed by atoms with Crippen LogP contribution >= 0.6 is 0 Å². The molecule has 2 N–H and O–H groups in total. The first-order valence-corrected chi connectivity index (χ1v) is 4.14. The largest absolute Gasteiger partial charge is 0.508 e. The molecule has 1 rings (SSSR count). The molecule has 0 atom stereocenters. The third-order valence-electron chi connectivity index (χ3n) is 1.26. The van der Waals surface area contributed by atoms with Crippen molar-refractivity contribution in [3.05, 3.63) is 29.8 Å². The zero-order valence-electron chi connectivity index (χ0n) is 5.41. The van der Waals surface area contributed by atoms with E-state index in [1.807, 2.05) is 6.07 Å². The molecule has 0 heterocycles. The van der Waals surface area contributed by atoms with Crippen LogP contribution in [0.5, 0.6) is 5.75 Å². The molecule has 0 aliphatic heterocycles. The molecule has 1 aromatic carbocycles. The summed E-state index contributed by atoms with van der Waals surface area (Å²) in [5, 5.41) is 9.13. The van der Waals surface area contributed by atoms with Crippen LogP contribution in [0, 0.1) is 0 Å². The minimum Gasteiger partial charge on any atom is -0.508 e. The number of benzene rings is 1. The number of rotatable bonds is 2. The van der Waals surface area contributed by atoms with Crippen molar-refractivity contribution < 1.29 is 9.90 Å². The van der Waals surface area contributed by atoms with Gasteiger partial charge < -0.3 is 9.90 Å². The van der Waals surface area contributed by atoms with Gasteiger partial charge in [0.2, 0.25) is 9.76 Å². The van der Waals surface area contributed by atoms with E-state index in [1.54, 1.807) is 18.2 Å². The molecule has 0 aliphatic carbocycles. The number of para-hydroxylation sites is 1. The Balaban J connectivity index is 2.81. The first kappa shape index (κ1) is 7.31. The van der Waals surface area contributed by atoms with Crippen molar-refractivity contribution in [2.24, 2.45) is 0 Å². The second kappa shape index (κ2) is 3.39. The maximum absolute atomic E-state index is 9.13. The van der Waals surface area contributed by atoms with Crippen molar-refractivity contribution in [3.8, 4) is 5.75 Å². The lowest BCUT2D eigenvalue weighted by Crippen LogP contribution is -1.94. The van der Waals surface area contributed by atoms with Crippen LogP contribution in [0.2, 0.25) is 0 Å². The van der Waals surface area contributed by atoms with Crippen molar-refractivity contribution >= 4 is 9.76 Å². The molecule has 10 heavy (non-hydrogen) atoms. The normalized spacial score (nSPS) is 9.70. The molecule has 52 valence electrons. The van der Waals surface area contributed by atoms with Crippen LogP contribution in [-0.2, 0) is 6.04 Å². The van der Waals surface area contributed by atoms with Crippen LogP contribution in [0.4, 0.5) is 0 Å². The summed E-state index contributed by atoms with van der Waals surface area (Å²) in [6.07, 6.45) is 0. The molecule has 0 aliphatic rings. The highest BCUT2D eigenvalue weighted by Gasteiger charge is 1.97. The second-order valence-corrected chi connectivity index (χ2v) is 2.63. The first-order chi connectivity index (χ1) is 4.84. The molecule has 0 fully saturated rings. The molecule has 0 unspecified atom stereocenters. The molecule has 0 saturated carbocycles. The molecule has 2 radical (unpaired) electrons. The van der Waals surface area contributed by atoms with Gasteiger partial charge in [-0.15, -0.1) is 0 Å². The fourth-order valence-electron chi connectivity index (χ4n) is 0.745. The minimum atomic E-state index is -0.128. The fraction of sp³-hybridized carbons (Fsp3) is 0.143. The van der Waals surface area contributed by atoms with E-state index in [-0.39, 0.29) is 15.5 Å². The SMILES string of the molecule is O[Si]Cc1ccccc1O. The Hall–Kier alpha value is -0.803.